The van der Waals surface area contributed by atoms with Gasteiger partial charge in [-0.2, -0.15) is 0 Å². The lowest BCUT2D eigenvalue weighted by atomic mass is 10.0. The van der Waals surface area contributed by atoms with Crippen LogP contribution in [-0.2, 0) is 9.59 Å². The minimum absolute atomic E-state index is 0.0273. The summed E-state index contributed by atoms with van der Waals surface area (Å²) in [6, 6.07) is -0.691. The van der Waals surface area contributed by atoms with Gasteiger partial charge in [0.25, 0.3) is 0 Å². The Morgan fingerprint density at radius 1 is 1.47 bits per heavy atom. The molecule has 1 aliphatic rings. The third-order valence-corrected chi connectivity index (χ3v) is 4.36. The minimum atomic E-state index is -0.905. The number of rotatable bonds is 5. The van der Waals surface area contributed by atoms with Crippen LogP contribution in [0, 0.1) is 5.92 Å². The number of aliphatic carboxylic acids is 1. The van der Waals surface area contributed by atoms with Crippen molar-refractivity contribution in [3.8, 4) is 0 Å². The molecule has 1 fully saturated rings. The fourth-order valence-electron chi connectivity index (χ4n) is 2.02. The molecule has 0 radical (unpaired) electrons. The Balaban J connectivity index is 2.65. The van der Waals surface area contributed by atoms with Crippen molar-refractivity contribution in [3.63, 3.8) is 0 Å². The third kappa shape index (κ3) is 3.91. The first-order chi connectivity index (χ1) is 7.93. The van der Waals surface area contributed by atoms with E-state index in [1.807, 2.05) is 13.8 Å². The van der Waals surface area contributed by atoms with Crippen molar-refractivity contribution in [2.75, 3.05) is 12.8 Å². The molecule has 4 nitrogen and oxygen atoms in total. The lowest BCUT2D eigenvalue weighted by Gasteiger charge is -2.28. The quantitative estimate of drug-likeness (QED) is 0.818. The summed E-state index contributed by atoms with van der Waals surface area (Å²) in [5, 5.41) is 9.15. The van der Waals surface area contributed by atoms with E-state index in [-0.39, 0.29) is 17.1 Å². The predicted molar refractivity (Wildman–Crippen MR) is 69.1 cm³/mol. The molecule has 0 spiro atoms. The Hall–Kier alpha value is -0.710. The van der Waals surface area contributed by atoms with Crippen LogP contribution in [-0.4, -0.2) is 46.0 Å². The number of likely N-dealkylation sites (N-methyl/N-ethyl adjacent to an activating group) is 1. The largest absolute Gasteiger partial charge is 0.480 e. The van der Waals surface area contributed by atoms with Gasteiger partial charge in [-0.25, -0.2) is 4.79 Å². The molecule has 1 saturated heterocycles. The zero-order valence-corrected chi connectivity index (χ0v) is 11.5. The van der Waals surface area contributed by atoms with E-state index in [4.69, 9.17) is 0 Å². The molecule has 0 aliphatic carbocycles. The Morgan fingerprint density at radius 2 is 2.12 bits per heavy atom. The number of carboxylic acids is 1. The maximum absolute atomic E-state index is 12.1. The first-order valence-electron chi connectivity index (χ1n) is 6.04. The average Bonchev–Trinajstić information content (AvgIpc) is 2.76. The van der Waals surface area contributed by atoms with Gasteiger partial charge in [-0.3, -0.25) is 4.79 Å². The summed E-state index contributed by atoms with van der Waals surface area (Å²) in [5.74, 6) is 0.340. The van der Waals surface area contributed by atoms with E-state index in [1.54, 1.807) is 18.8 Å². The fraction of sp³-hybridized carbons (Fsp3) is 0.833. The van der Waals surface area contributed by atoms with Gasteiger partial charge >= 0.3 is 5.97 Å². The maximum Gasteiger partial charge on any atom is 0.326 e. The molecule has 17 heavy (non-hydrogen) atoms. The SMILES string of the molecule is CC(C)CC(C(=O)O)N(C)C(=O)C1CCCS1. The number of carboxylic acid groups (broad SMARTS) is 1. The molecule has 1 heterocycles. The molecule has 1 N–H and O–H groups in total. The van der Waals surface area contributed by atoms with E-state index in [0.717, 1.165) is 18.6 Å². The van der Waals surface area contributed by atoms with Crippen molar-refractivity contribution in [2.24, 2.45) is 5.92 Å². The van der Waals surface area contributed by atoms with Crippen LogP contribution < -0.4 is 0 Å². The van der Waals surface area contributed by atoms with Gasteiger partial charge in [0.1, 0.15) is 6.04 Å². The highest BCUT2D eigenvalue weighted by Crippen LogP contribution is 2.28. The molecule has 1 aliphatic heterocycles. The predicted octanol–water partition coefficient (Wildman–Crippen LogP) is 1.84. The Labute approximate surface area is 107 Å². The second kappa shape index (κ2) is 6.28. The van der Waals surface area contributed by atoms with E-state index in [9.17, 15) is 14.7 Å². The van der Waals surface area contributed by atoms with Crippen LogP contribution in [0.2, 0.25) is 0 Å². The van der Waals surface area contributed by atoms with Crippen LogP contribution in [0.3, 0.4) is 0 Å². The molecule has 0 aromatic carbocycles. The van der Waals surface area contributed by atoms with E-state index >= 15 is 0 Å². The number of carbonyl (C=O) groups excluding carboxylic acids is 1. The van der Waals surface area contributed by atoms with Gasteiger partial charge in [0.2, 0.25) is 5.91 Å². The van der Waals surface area contributed by atoms with Crippen LogP contribution in [0.4, 0.5) is 0 Å². The summed E-state index contributed by atoms with van der Waals surface area (Å²) in [6.07, 6.45) is 2.44. The van der Waals surface area contributed by atoms with Crippen LogP contribution in [0.25, 0.3) is 0 Å². The monoisotopic (exact) mass is 259 g/mol. The Bertz CT molecular complexity index is 287. The zero-order valence-electron chi connectivity index (χ0n) is 10.7. The van der Waals surface area contributed by atoms with Crippen molar-refractivity contribution in [1.82, 2.24) is 4.90 Å². The van der Waals surface area contributed by atoms with Gasteiger partial charge in [-0.15, -0.1) is 11.8 Å². The van der Waals surface area contributed by atoms with Crippen molar-refractivity contribution in [2.45, 2.75) is 44.4 Å². The number of hydrogen-bond donors (Lipinski definition) is 1. The van der Waals surface area contributed by atoms with E-state index in [2.05, 4.69) is 0 Å². The third-order valence-electron chi connectivity index (χ3n) is 3.00. The van der Waals surface area contributed by atoms with E-state index in [0.29, 0.717) is 6.42 Å². The summed E-state index contributed by atoms with van der Waals surface area (Å²) in [4.78, 5) is 24.7. The topological polar surface area (TPSA) is 57.6 Å². The van der Waals surface area contributed by atoms with Crippen LogP contribution >= 0.6 is 11.8 Å². The van der Waals surface area contributed by atoms with Crippen molar-refractivity contribution in [3.05, 3.63) is 0 Å². The Kier molecular flexibility index (Phi) is 5.31. The summed E-state index contributed by atoms with van der Waals surface area (Å²) < 4.78 is 0. The highest BCUT2D eigenvalue weighted by molar-refractivity contribution is 8.00. The molecular formula is C12H21NO3S. The number of carbonyl (C=O) groups is 2. The molecule has 2 atom stereocenters. The fourth-order valence-corrected chi connectivity index (χ4v) is 3.28. The molecule has 1 rings (SSSR count). The summed E-state index contributed by atoms with van der Waals surface area (Å²) >= 11 is 1.64. The molecule has 98 valence electrons. The number of amides is 1. The van der Waals surface area contributed by atoms with Gasteiger partial charge in [0.05, 0.1) is 5.25 Å². The number of nitrogens with zero attached hydrogens (tertiary/aromatic N) is 1. The lowest BCUT2D eigenvalue weighted by Crippen LogP contribution is -2.46. The van der Waals surface area contributed by atoms with Gasteiger partial charge in [0, 0.05) is 7.05 Å². The highest BCUT2D eigenvalue weighted by atomic mass is 32.2. The van der Waals surface area contributed by atoms with Crippen LogP contribution in [0.5, 0.6) is 0 Å². The van der Waals surface area contributed by atoms with Crippen molar-refractivity contribution in [1.29, 1.82) is 0 Å². The summed E-state index contributed by atoms with van der Waals surface area (Å²) in [7, 11) is 1.61. The molecule has 5 heteroatoms. The molecule has 1 amide bonds. The molecule has 2 unspecified atom stereocenters. The molecule has 0 bridgehead atoms. The van der Waals surface area contributed by atoms with E-state index < -0.39 is 12.0 Å². The van der Waals surface area contributed by atoms with Crippen LogP contribution in [0.1, 0.15) is 33.1 Å². The Morgan fingerprint density at radius 3 is 2.53 bits per heavy atom. The van der Waals surface area contributed by atoms with E-state index in [1.165, 1.54) is 4.90 Å². The first kappa shape index (κ1) is 14.4. The first-order valence-corrected chi connectivity index (χ1v) is 7.09. The van der Waals surface area contributed by atoms with Gasteiger partial charge in [-0.05, 0) is 30.9 Å². The number of thioether (sulfide) groups is 1. The zero-order chi connectivity index (χ0) is 13.0. The van der Waals surface area contributed by atoms with Crippen molar-refractivity contribution >= 4 is 23.6 Å². The smallest absolute Gasteiger partial charge is 0.326 e. The molecule has 0 saturated carbocycles. The summed E-state index contributed by atoms with van der Waals surface area (Å²) in [5.41, 5.74) is 0. The van der Waals surface area contributed by atoms with Crippen LogP contribution in [0.15, 0.2) is 0 Å². The highest BCUT2D eigenvalue weighted by Gasteiger charge is 2.33. The summed E-state index contributed by atoms with van der Waals surface area (Å²) in [6.45, 7) is 3.94. The van der Waals surface area contributed by atoms with Gasteiger partial charge < -0.3 is 10.0 Å². The molecular weight excluding hydrogens is 238 g/mol. The number of hydrogen-bond acceptors (Lipinski definition) is 3. The minimum Gasteiger partial charge on any atom is -0.480 e. The van der Waals surface area contributed by atoms with Crippen molar-refractivity contribution < 1.29 is 14.7 Å². The lowest BCUT2D eigenvalue weighted by molar-refractivity contribution is -0.149. The maximum atomic E-state index is 12.1. The average molecular weight is 259 g/mol. The molecule has 0 aromatic heterocycles. The second-order valence-corrected chi connectivity index (χ2v) is 6.25. The van der Waals surface area contributed by atoms with Gasteiger partial charge in [-0.1, -0.05) is 13.8 Å². The standard InChI is InChI=1S/C12H21NO3S/c1-8(2)7-9(12(15)16)13(3)11(14)10-5-4-6-17-10/h8-10H,4-7H2,1-3H3,(H,15,16). The second-order valence-electron chi connectivity index (χ2n) is 4.93. The molecule has 0 aromatic rings. The normalized spacial score (nSPS) is 21.5. The van der Waals surface area contributed by atoms with Gasteiger partial charge in [0.15, 0.2) is 0 Å².